The Bertz CT molecular complexity index is 979. The molecule has 0 saturated heterocycles. The normalized spacial score (nSPS) is 9.19. The number of benzene rings is 2. The van der Waals surface area contributed by atoms with Gasteiger partial charge in [-0.2, -0.15) is 15.8 Å². The largest absolute Gasteiger partial charge is 0.344 e. The fraction of sp³-hybridized carbons (Fsp3) is 0.100. The van der Waals surface area contributed by atoms with Crippen molar-refractivity contribution in [3.63, 3.8) is 0 Å². The Morgan fingerprint density at radius 3 is 2.04 bits per heavy atom. The van der Waals surface area contributed by atoms with Crippen LogP contribution in [0.25, 0.3) is 0 Å². The van der Waals surface area contributed by atoms with Gasteiger partial charge < -0.3 is 10.6 Å². The Balaban J connectivity index is 2.40. The zero-order valence-electron chi connectivity index (χ0n) is 14.3. The molecular formula is C20H15N5O. The first-order valence-corrected chi connectivity index (χ1v) is 7.70. The first-order chi connectivity index (χ1) is 12.5. The van der Waals surface area contributed by atoms with Crippen LogP contribution in [0.3, 0.4) is 0 Å². The minimum absolute atomic E-state index is 0.206. The molecule has 2 aromatic rings. The number of carbonyl (C=O) groups excluding carboxylic acids is 1. The quantitative estimate of drug-likeness (QED) is 0.821. The van der Waals surface area contributed by atoms with E-state index in [4.69, 9.17) is 10.5 Å². The highest BCUT2D eigenvalue weighted by molar-refractivity contribution is 6.08. The van der Waals surface area contributed by atoms with Gasteiger partial charge in [-0.1, -0.05) is 30.3 Å². The number of nitrogens with one attached hydrogen (secondary N) is 2. The summed E-state index contributed by atoms with van der Waals surface area (Å²) < 4.78 is 0. The molecule has 126 valence electrons. The SMILES string of the molecule is Cc1cccc(C)c1NC(=O)c1ccccc1NC(C#N)=C(C#N)C#N. The van der Waals surface area contributed by atoms with Crippen molar-refractivity contribution in [3.8, 4) is 18.2 Å². The van der Waals surface area contributed by atoms with Gasteiger partial charge in [0, 0.05) is 5.69 Å². The number of allylic oxidation sites excluding steroid dienone is 2. The lowest BCUT2D eigenvalue weighted by Gasteiger charge is -2.14. The third kappa shape index (κ3) is 3.87. The van der Waals surface area contributed by atoms with Crippen LogP contribution in [0.15, 0.2) is 53.7 Å². The zero-order chi connectivity index (χ0) is 19.1. The molecule has 0 heterocycles. The summed E-state index contributed by atoms with van der Waals surface area (Å²) in [4.78, 5) is 12.7. The van der Waals surface area contributed by atoms with Gasteiger partial charge in [0.15, 0.2) is 5.57 Å². The van der Waals surface area contributed by atoms with Crippen molar-refractivity contribution < 1.29 is 4.79 Å². The molecule has 2 rings (SSSR count). The third-order valence-electron chi connectivity index (χ3n) is 3.74. The van der Waals surface area contributed by atoms with E-state index in [0.29, 0.717) is 5.69 Å². The van der Waals surface area contributed by atoms with Gasteiger partial charge in [0.05, 0.1) is 11.3 Å². The minimum atomic E-state index is -0.363. The maximum atomic E-state index is 12.7. The Morgan fingerprint density at radius 1 is 0.846 bits per heavy atom. The number of hydrogen-bond acceptors (Lipinski definition) is 5. The lowest BCUT2D eigenvalue weighted by Crippen LogP contribution is -2.16. The smallest absolute Gasteiger partial charge is 0.257 e. The van der Waals surface area contributed by atoms with Crippen LogP contribution in [-0.2, 0) is 0 Å². The van der Waals surface area contributed by atoms with Crippen molar-refractivity contribution >= 4 is 17.3 Å². The number of nitriles is 3. The second kappa shape index (κ2) is 8.15. The predicted octanol–water partition coefficient (Wildman–Crippen LogP) is 3.79. The maximum Gasteiger partial charge on any atom is 0.257 e. The molecule has 0 unspecified atom stereocenters. The summed E-state index contributed by atoms with van der Waals surface area (Å²) in [6, 6.07) is 17.4. The fourth-order valence-electron chi connectivity index (χ4n) is 2.40. The van der Waals surface area contributed by atoms with E-state index < -0.39 is 0 Å². The highest BCUT2D eigenvalue weighted by Gasteiger charge is 2.15. The van der Waals surface area contributed by atoms with Gasteiger partial charge in [-0.25, -0.2) is 0 Å². The summed E-state index contributed by atoms with van der Waals surface area (Å²) >= 11 is 0. The number of amides is 1. The number of rotatable bonds is 4. The van der Waals surface area contributed by atoms with Gasteiger partial charge >= 0.3 is 0 Å². The van der Waals surface area contributed by atoms with Gasteiger partial charge in [0.2, 0.25) is 0 Å². The number of aryl methyl sites for hydroxylation is 2. The molecule has 6 nitrogen and oxygen atoms in total. The van der Waals surface area contributed by atoms with Gasteiger partial charge in [0.25, 0.3) is 5.91 Å². The molecular weight excluding hydrogens is 326 g/mol. The highest BCUT2D eigenvalue weighted by atomic mass is 16.1. The van der Waals surface area contributed by atoms with Gasteiger partial charge in [-0.3, -0.25) is 4.79 Å². The Morgan fingerprint density at radius 2 is 1.46 bits per heavy atom. The number of carbonyl (C=O) groups is 1. The summed E-state index contributed by atoms with van der Waals surface area (Å²) in [5.74, 6) is -0.363. The molecule has 0 fully saturated rings. The first-order valence-electron chi connectivity index (χ1n) is 7.70. The first kappa shape index (κ1) is 18.3. The Kier molecular flexibility index (Phi) is 5.72. The zero-order valence-corrected chi connectivity index (χ0v) is 14.3. The molecule has 6 heteroatoms. The minimum Gasteiger partial charge on any atom is -0.344 e. The molecule has 0 atom stereocenters. The summed E-state index contributed by atoms with van der Waals surface area (Å²) in [6.07, 6.45) is 0. The lowest BCUT2D eigenvalue weighted by atomic mass is 10.1. The van der Waals surface area contributed by atoms with Crippen LogP contribution in [0.5, 0.6) is 0 Å². The van der Waals surface area contributed by atoms with E-state index >= 15 is 0 Å². The molecule has 2 aromatic carbocycles. The van der Waals surface area contributed by atoms with Crippen molar-refractivity contribution in [3.05, 3.63) is 70.4 Å². The topological polar surface area (TPSA) is 112 Å². The van der Waals surface area contributed by atoms with E-state index in [1.807, 2.05) is 32.0 Å². The molecule has 0 aliphatic rings. The summed E-state index contributed by atoms with van der Waals surface area (Å²) in [5.41, 5.74) is 2.64. The van der Waals surface area contributed by atoms with Gasteiger partial charge in [0.1, 0.15) is 23.9 Å². The lowest BCUT2D eigenvalue weighted by molar-refractivity contribution is 0.102. The second-order valence-corrected chi connectivity index (χ2v) is 5.48. The van der Waals surface area contributed by atoms with Gasteiger partial charge in [-0.15, -0.1) is 0 Å². The second-order valence-electron chi connectivity index (χ2n) is 5.48. The van der Waals surface area contributed by atoms with Crippen molar-refractivity contribution in [2.75, 3.05) is 10.6 Å². The monoisotopic (exact) mass is 341 g/mol. The van der Waals surface area contributed by atoms with Crippen LogP contribution in [0.4, 0.5) is 11.4 Å². The van der Waals surface area contributed by atoms with Crippen LogP contribution >= 0.6 is 0 Å². The molecule has 0 aliphatic heterocycles. The Labute approximate surface area is 151 Å². The standard InChI is InChI=1S/C20H15N5O/c1-13-6-5-7-14(2)19(13)25-20(26)16-8-3-4-9-17(16)24-18(12-23)15(10-21)11-22/h3-9,24H,1-2H3,(H,25,26). The fourth-order valence-corrected chi connectivity index (χ4v) is 2.40. The van der Waals surface area contributed by atoms with Crippen LogP contribution in [0.1, 0.15) is 21.5 Å². The van der Waals surface area contributed by atoms with Crippen molar-refractivity contribution in [1.82, 2.24) is 0 Å². The Hall–Kier alpha value is -4.08. The summed E-state index contributed by atoms with van der Waals surface area (Å²) in [7, 11) is 0. The van der Waals surface area contributed by atoms with Crippen molar-refractivity contribution in [1.29, 1.82) is 15.8 Å². The van der Waals surface area contributed by atoms with Crippen LogP contribution in [-0.4, -0.2) is 5.91 Å². The van der Waals surface area contributed by atoms with Crippen molar-refractivity contribution in [2.45, 2.75) is 13.8 Å². The summed E-state index contributed by atoms with van der Waals surface area (Å²) in [6.45, 7) is 3.80. The number of hydrogen-bond donors (Lipinski definition) is 2. The molecule has 0 aliphatic carbocycles. The van der Waals surface area contributed by atoms with E-state index in [1.165, 1.54) is 0 Å². The predicted molar refractivity (Wildman–Crippen MR) is 97.8 cm³/mol. The molecule has 1 amide bonds. The molecule has 26 heavy (non-hydrogen) atoms. The highest BCUT2D eigenvalue weighted by Crippen LogP contribution is 2.23. The van der Waals surface area contributed by atoms with Crippen molar-refractivity contribution in [2.24, 2.45) is 0 Å². The number of para-hydroxylation sites is 2. The van der Waals surface area contributed by atoms with Gasteiger partial charge in [-0.05, 0) is 37.1 Å². The molecule has 0 bridgehead atoms. The molecule has 0 saturated carbocycles. The van der Waals surface area contributed by atoms with E-state index in [9.17, 15) is 10.1 Å². The van der Waals surface area contributed by atoms with E-state index in [1.54, 1.807) is 42.5 Å². The molecule has 0 spiro atoms. The number of nitrogens with zero attached hydrogens (tertiary/aromatic N) is 3. The maximum absolute atomic E-state index is 12.7. The average Bonchev–Trinajstić information content (AvgIpc) is 2.65. The third-order valence-corrected chi connectivity index (χ3v) is 3.74. The van der Waals surface area contributed by atoms with Crippen LogP contribution < -0.4 is 10.6 Å². The molecule has 0 radical (unpaired) electrons. The van der Waals surface area contributed by atoms with Crippen LogP contribution in [0, 0.1) is 47.8 Å². The summed E-state index contributed by atoms with van der Waals surface area (Å²) in [5, 5.41) is 32.6. The van der Waals surface area contributed by atoms with E-state index in [-0.39, 0.29) is 22.7 Å². The van der Waals surface area contributed by atoms with E-state index in [0.717, 1.165) is 16.8 Å². The number of anilines is 2. The average molecular weight is 341 g/mol. The molecule has 2 N–H and O–H groups in total. The van der Waals surface area contributed by atoms with E-state index in [2.05, 4.69) is 10.6 Å². The van der Waals surface area contributed by atoms with Crippen LogP contribution in [0.2, 0.25) is 0 Å². The molecule has 0 aromatic heterocycles.